The van der Waals surface area contributed by atoms with Gasteiger partial charge in [-0.15, -0.1) is 0 Å². The summed E-state index contributed by atoms with van der Waals surface area (Å²) in [6, 6.07) is 10.5. The lowest BCUT2D eigenvalue weighted by atomic mass is 10.1. The molecule has 2 aromatic heterocycles. The highest BCUT2D eigenvalue weighted by Gasteiger charge is 2.13. The fourth-order valence-electron chi connectivity index (χ4n) is 3.38. The number of aromatic amines is 1. The van der Waals surface area contributed by atoms with Crippen LogP contribution in [0.3, 0.4) is 0 Å². The van der Waals surface area contributed by atoms with Crippen LogP contribution in [-0.4, -0.2) is 47.8 Å². The molecule has 0 unspecified atom stereocenters. The number of nitrogens with zero attached hydrogens (tertiary/aromatic N) is 3. The molecule has 1 saturated heterocycles. The zero-order valence-electron chi connectivity index (χ0n) is 14.5. The Morgan fingerprint density at radius 2 is 2.04 bits per heavy atom. The maximum Gasteiger partial charge on any atom is 0.134 e. The minimum Gasteiger partial charge on any atom is -0.378 e. The van der Waals surface area contributed by atoms with Gasteiger partial charge >= 0.3 is 0 Å². The fourth-order valence-corrected chi connectivity index (χ4v) is 3.38. The molecule has 0 saturated carbocycles. The van der Waals surface area contributed by atoms with Crippen LogP contribution in [0, 0.1) is 6.92 Å². The van der Waals surface area contributed by atoms with Crippen molar-refractivity contribution in [3.05, 3.63) is 47.9 Å². The first-order valence-corrected chi connectivity index (χ1v) is 8.76. The highest BCUT2D eigenvalue weighted by atomic mass is 16.5. The number of hydrogen-bond acceptors (Lipinski definition) is 5. The number of anilines is 2. The lowest BCUT2D eigenvalue weighted by Gasteiger charge is -2.27. The number of H-pyrrole nitrogens is 1. The van der Waals surface area contributed by atoms with Crippen molar-refractivity contribution in [1.82, 2.24) is 15.0 Å². The van der Waals surface area contributed by atoms with E-state index in [9.17, 15) is 0 Å². The van der Waals surface area contributed by atoms with Crippen molar-refractivity contribution < 1.29 is 4.74 Å². The van der Waals surface area contributed by atoms with Crippen molar-refractivity contribution in [2.45, 2.75) is 13.3 Å². The number of benzene rings is 1. The summed E-state index contributed by atoms with van der Waals surface area (Å²) >= 11 is 0. The molecule has 130 valence electrons. The van der Waals surface area contributed by atoms with Gasteiger partial charge in [-0.2, -0.15) is 0 Å². The number of ether oxygens (including phenoxy) is 1. The van der Waals surface area contributed by atoms with Crippen LogP contribution < -0.4 is 10.2 Å². The van der Waals surface area contributed by atoms with Gasteiger partial charge in [-0.05, 0) is 25.0 Å². The van der Waals surface area contributed by atoms with E-state index in [1.165, 1.54) is 22.2 Å². The molecule has 1 aliphatic rings. The van der Waals surface area contributed by atoms with Gasteiger partial charge in [0.1, 0.15) is 18.0 Å². The fraction of sp³-hybridized carbons (Fsp3) is 0.368. The number of para-hydroxylation sites is 1. The molecule has 0 spiro atoms. The molecule has 0 aliphatic carbocycles. The van der Waals surface area contributed by atoms with E-state index in [2.05, 4.69) is 56.4 Å². The van der Waals surface area contributed by atoms with E-state index in [-0.39, 0.29) is 0 Å². The summed E-state index contributed by atoms with van der Waals surface area (Å²) in [7, 11) is 0. The van der Waals surface area contributed by atoms with Gasteiger partial charge in [0.2, 0.25) is 0 Å². The standard InChI is InChI=1S/C19H23N5O/c1-14-15(16-4-2-3-5-17(16)23-14)6-7-20-18-12-19(22-13-21-18)24-8-10-25-11-9-24/h2-5,12-13,23H,6-11H2,1H3,(H,20,21,22). The largest absolute Gasteiger partial charge is 0.378 e. The molecule has 0 bridgehead atoms. The number of aromatic nitrogens is 3. The predicted molar refractivity (Wildman–Crippen MR) is 100 cm³/mol. The second kappa shape index (κ2) is 7.11. The van der Waals surface area contributed by atoms with Crippen LogP contribution in [0.4, 0.5) is 11.6 Å². The van der Waals surface area contributed by atoms with Gasteiger partial charge in [0, 0.05) is 42.3 Å². The van der Waals surface area contributed by atoms with E-state index in [4.69, 9.17) is 4.74 Å². The molecule has 25 heavy (non-hydrogen) atoms. The number of hydrogen-bond donors (Lipinski definition) is 2. The Morgan fingerprint density at radius 1 is 1.20 bits per heavy atom. The Balaban J connectivity index is 1.42. The quantitative estimate of drug-likeness (QED) is 0.749. The van der Waals surface area contributed by atoms with Crippen molar-refractivity contribution in [1.29, 1.82) is 0 Å². The molecule has 6 nitrogen and oxygen atoms in total. The van der Waals surface area contributed by atoms with Gasteiger partial charge in [0.05, 0.1) is 13.2 Å². The minimum atomic E-state index is 0.757. The maximum atomic E-state index is 5.40. The summed E-state index contributed by atoms with van der Waals surface area (Å²) in [5, 5.41) is 4.74. The van der Waals surface area contributed by atoms with E-state index in [0.29, 0.717) is 0 Å². The first-order valence-electron chi connectivity index (χ1n) is 8.76. The van der Waals surface area contributed by atoms with Crippen LogP contribution in [0.2, 0.25) is 0 Å². The van der Waals surface area contributed by atoms with Crippen molar-refractivity contribution in [2.75, 3.05) is 43.1 Å². The topological polar surface area (TPSA) is 66.1 Å². The zero-order valence-corrected chi connectivity index (χ0v) is 14.5. The van der Waals surface area contributed by atoms with E-state index >= 15 is 0 Å². The third kappa shape index (κ3) is 3.44. The van der Waals surface area contributed by atoms with Gasteiger partial charge < -0.3 is 19.9 Å². The molecular weight excluding hydrogens is 314 g/mol. The second-order valence-electron chi connectivity index (χ2n) is 6.31. The van der Waals surface area contributed by atoms with Crippen molar-refractivity contribution in [3.63, 3.8) is 0 Å². The smallest absolute Gasteiger partial charge is 0.134 e. The Kier molecular flexibility index (Phi) is 4.52. The van der Waals surface area contributed by atoms with Crippen LogP contribution in [0.5, 0.6) is 0 Å². The molecule has 0 amide bonds. The van der Waals surface area contributed by atoms with E-state index < -0.39 is 0 Å². The number of nitrogens with one attached hydrogen (secondary N) is 2. The van der Waals surface area contributed by atoms with Crippen molar-refractivity contribution >= 4 is 22.5 Å². The molecule has 4 rings (SSSR count). The third-order valence-corrected chi connectivity index (χ3v) is 4.70. The number of fused-ring (bicyclic) bond motifs is 1. The Morgan fingerprint density at radius 3 is 2.92 bits per heavy atom. The molecule has 1 aromatic carbocycles. The van der Waals surface area contributed by atoms with E-state index in [1.54, 1.807) is 6.33 Å². The lowest BCUT2D eigenvalue weighted by molar-refractivity contribution is 0.122. The van der Waals surface area contributed by atoms with Gasteiger partial charge in [0.15, 0.2) is 0 Å². The predicted octanol–water partition coefficient (Wildman–Crippen LogP) is 2.76. The SMILES string of the molecule is Cc1[nH]c2ccccc2c1CCNc1cc(N2CCOCC2)ncn1. The van der Waals surface area contributed by atoms with Gasteiger partial charge in [-0.25, -0.2) is 9.97 Å². The van der Waals surface area contributed by atoms with Crippen molar-refractivity contribution in [2.24, 2.45) is 0 Å². The van der Waals surface area contributed by atoms with Gasteiger partial charge in [0.25, 0.3) is 0 Å². The normalized spacial score (nSPS) is 14.8. The van der Waals surface area contributed by atoms with Crippen LogP contribution in [-0.2, 0) is 11.2 Å². The molecule has 6 heteroatoms. The first-order chi connectivity index (χ1) is 12.3. The van der Waals surface area contributed by atoms with Crippen LogP contribution in [0.25, 0.3) is 10.9 Å². The van der Waals surface area contributed by atoms with Crippen LogP contribution in [0.15, 0.2) is 36.7 Å². The van der Waals surface area contributed by atoms with Gasteiger partial charge in [-0.1, -0.05) is 18.2 Å². The molecule has 0 radical (unpaired) electrons. The lowest BCUT2D eigenvalue weighted by Crippen LogP contribution is -2.36. The summed E-state index contributed by atoms with van der Waals surface area (Å²) < 4.78 is 5.40. The summed E-state index contributed by atoms with van der Waals surface area (Å²) in [6.07, 6.45) is 2.58. The van der Waals surface area contributed by atoms with Crippen LogP contribution in [0.1, 0.15) is 11.3 Å². The average molecular weight is 337 g/mol. The molecule has 1 aliphatic heterocycles. The molecule has 2 N–H and O–H groups in total. The maximum absolute atomic E-state index is 5.40. The highest BCUT2D eigenvalue weighted by molar-refractivity contribution is 5.84. The molecule has 3 aromatic rings. The van der Waals surface area contributed by atoms with Gasteiger partial charge in [-0.3, -0.25) is 0 Å². The Labute approximate surface area is 147 Å². The zero-order chi connectivity index (χ0) is 17.1. The summed E-state index contributed by atoms with van der Waals surface area (Å²) in [6.45, 7) is 6.24. The third-order valence-electron chi connectivity index (χ3n) is 4.70. The summed E-state index contributed by atoms with van der Waals surface area (Å²) in [4.78, 5) is 14.4. The van der Waals surface area contributed by atoms with E-state index in [1.807, 2.05) is 6.07 Å². The Bertz CT molecular complexity index is 854. The number of morpholine rings is 1. The molecule has 0 atom stereocenters. The Hall–Kier alpha value is -2.60. The first kappa shape index (κ1) is 15.9. The minimum absolute atomic E-state index is 0.757. The highest BCUT2D eigenvalue weighted by Crippen LogP contribution is 2.22. The summed E-state index contributed by atoms with van der Waals surface area (Å²) in [5.41, 5.74) is 3.80. The average Bonchev–Trinajstić information content (AvgIpc) is 2.98. The monoisotopic (exact) mass is 337 g/mol. The number of rotatable bonds is 5. The molecule has 1 fully saturated rings. The summed E-state index contributed by atoms with van der Waals surface area (Å²) in [5.74, 6) is 1.83. The van der Waals surface area contributed by atoms with Crippen LogP contribution >= 0.6 is 0 Å². The molecule has 3 heterocycles. The second-order valence-corrected chi connectivity index (χ2v) is 6.31. The number of aryl methyl sites for hydroxylation is 1. The molecular formula is C19H23N5O. The van der Waals surface area contributed by atoms with E-state index in [0.717, 1.165) is 50.9 Å². The van der Waals surface area contributed by atoms with Crippen molar-refractivity contribution in [3.8, 4) is 0 Å².